The van der Waals surface area contributed by atoms with Crippen LogP contribution < -0.4 is 5.32 Å². The van der Waals surface area contributed by atoms with Crippen LogP contribution in [0.4, 0.5) is 10.1 Å². The number of amides is 1. The maximum absolute atomic E-state index is 13.2. The first-order valence-corrected chi connectivity index (χ1v) is 6.20. The number of fused-ring (bicyclic) bond motifs is 1. The van der Waals surface area contributed by atoms with Gasteiger partial charge in [0, 0.05) is 11.6 Å². The van der Waals surface area contributed by atoms with Crippen molar-refractivity contribution in [1.29, 1.82) is 0 Å². The Morgan fingerprint density at radius 3 is 2.59 bits per heavy atom. The predicted octanol–water partition coefficient (Wildman–Crippen LogP) is 3.12. The first-order chi connectivity index (χ1) is 8.11. The van der Waals surface area contributed by atoms with E-state index in [1.54, 1.807) is 6.07 Å². The zero-order valence-corrected chi connectivity index (χ0v) is 9.87. The van der Waals surface area contributed by atoms with Crippen LogP contribution in [0.15, 0.2) is 18.2 Å². The van der Waals surface area contributed by atoms with E-state index in [0.717, 1.165) is 30.2 Å². The number of anilines is 1. The van der Waals surface area contributed by atoms with E-state index in [4.69, 9.17) is 0 Å². The molecule has 1 amide bonds. The van der Waals surface area contributed by atoms with Gasteiger partial charge in [0.15, 0.2) is 0 Å². The summed E-state index contributed by atoms with van der Waals surface area (Å²) in [5.74, 6) is 1.49. The molecule has 1 aromatic rings. The fourth-order valence-corrected chi connectivity index (χ4v) is 2.98. The highest BCUT2D eigenvalue weighted by atomic mass is 19.1. The molecule has 2 fully saturated rings. The maximum Gasteiger partial charge on any atom is 0.227 e. The summed E-state index contributed by atoms with van der Waals surface area (Å²) in [5.41, 5.74) is 1.41. The highest BCUT2D eigenvalue weighted by molar-refractivity contribution is 5.92. The molecule has 0 bridgehead atoms. The lowest BCUT2D eigenvalue weighted by molar-refractivity contribution is -0.120. The van der Waals surface area contributed by atoms with Gasteiger partial charge < -0.3 is 5.32 Å². The molecule has 2 unspecified atom stereocenters. The lowest BCUT2D eigenvalue weighted by atomic mass is 10.0. The Hall–Kier alpha value is -1.38. The molecule has 2 atom stereocenters. The second-order valence-electron chi connectivity index (χ2n) is 5.43. The molecule has 2 saturated carbocycles. The zero-order valence-electron chi connectivity index (χ0n) is 9.87. The van der Waals surface area contributed by atoms with Crippen molar-refractivity contribution >= 4 is 11.6 Å². The molecule has 2 nitrogen and oxygen atoms in total. The monoisotopic (exact) mass is 233 g/mol. The Morgan fingerprint density at radius 1 is 1.24 bits per heavy atom. The van der Waals surface area contributed by atoms with Crippen LogP contribution in [0, 0.1) is 30.5 Å². The lowest BCUT2D eigenvalue weighted by Crippen LogP contribution is -2.21. The van der Waals surface area contributed by atoms with Gasteiger partial charge in [0.05, 0.1) is 0 Å². The molecule has 0 aromatic heterocycles. The van der Waals surface area contributed by atoms with Gasteiger partial charge in [-0.25, -0.2) is 4.39 Å². The Bertz CT molecular complexity index is 441. The van der Waals surface area contributed by atoms with Gasteiger partial charge in [-0.2, -0.15) is 0 Å². The van der Waals surface area contributed by atoms with Gasteiger partial charge in [-0.3, -0.25) is 4.79 Å². The van der Waals surface area contributed by atoms with E-state index in [-0.39, 0.29) is 17.6 Å². The van der Waals surface area contributed by atoms with E-state index in [0.29, 0.717) is 5.69 Å². The quantitative estimate of drug-likeness (QED) is 0.835. The number of carbonyl (C=O) groups excluding carboxylic acids is 1. The van der Waals surface area contributed by atoms with Gasteiger partial charge in [0.25, 0.3) is 0 Å². The second kappa shape index (κ2) is 3.83. The van der Waals surface area contributed by atoms with Crippen LogP contribution in [-0.4, -0.2) is 5.91 Å². The predicted molar refractivity (Wildman–Crippen MR) is 64.1 cm³/mol. The number of rotatable bonds is 2. The van der Waals surface area contributed by atoms with Crippen molar-refractivity contribution in [1.82, 2.24) is 0 Å². The molecule has 2 aliphatic carbocycles. The SMILES string of the molecule is Cc1cc(F)cc(NC(=O)C2CC3CC3C2)c1. The molecule has 2 aliphatic rings. The third-order valence-electron chi connectivity index (χ3n) is 3.92. The number of benzene rings is 1. The van der Waals surface area contributed by atoms with Crippen molar-refractivity contribution in [2.45, 2.75) is 26.2 Å². The number of hydrogen-bond acceptors (Lipinski definition) is 1. The smallest absolute Gasteiger partial charge is 0.227 e. The van der Waals surface area contributed by atoms with Crippen LogP contribution in [0.3, 0.4) is 0 Å². The molecule has 0 saturated heterocycles. The molecular formula is C14H16FNO. The highest BCUT2D eigenvalue weighted by Crippen LogP contribution is 2.54. The summed E-state index contributed by atoms with van der Waals surface area (Å²) in [6, 6.07) is 4.64. The van der Waals surface area contributed by atoms with Crippen molar-refractivity contribution in [3.8, 4) is 0 Å². The molecule has 1 aromatic carbocycles. The van der Waals surface area contributed by atoms with Crippen LogP contribution in [0.1, 0.15) is 24.8 Å². The summed E-state index contributed by atoms with van der Waals surface area (Å²) >= 11 is 0. The van der Waals surface area contributed by atoms with Crippen molar-refractivity contribution in [3.63, 3.8) is 0 Å². The van der Waals surface area contributed by atoms with Crippen LogP contribution in [0.25, 0.3) is 0 Å². The van der Waals surface area contributed by atoms with E-state index in [2.05, 4.69) is 5.32 Å². The third-order valence-corrected chi connectivity index (χ3v) is 3.92. The van der Waals surface area contributed by atoms with Crippen LogP contribution >= 0.6 is 0 Å². The van der Waals surface area contributed by atoms with E-state index < -0.39 is 0 Å². The molecule has 17 heavy (non-hydrogen) atoms. The molecule has 0 spiro atoms. The minimum Gasteiger partial charge on any atom is -0.326 e. The van der Waals surface area contributed by atoms with E-state index in [9.17, 15) is 9.18 Å². The van der Waals surface area contributed by atoms with Crippen molar-refractivity contribution in [2.75, 3.05) is 5.32 Å². The molecule has 0 heterocycles. The minimum atomic E-state index is -0.297. The molecule has 1 N–H and O–H groups in total. The van der Waals surface area contributed by atoms with Gasteiger partial charge in [-0.1, -0.05) is 0 Å². The van der Waals surface area contributed by atoms with E-state index >= 15 is 0 Å². The average molecular weight is 233 g/mol. The van der Waals surface area contributed by atoms with E-state index in [1.807, 2.05) is 6.92 Å². The number of aryl methyl sites for hydroxylation is 1. The number of nitrogens with one attached hydrogen (secondary N) is 1. The van der Waals surface area contributed by atoms with Crippen LogP contribution in [0.2, 0.25) is 0 Å². The van der Waals surface area contributed by atoms with Gasteiger partial charge in [0.2, 0.25) is 5.91 Å². The fraction of sp³-hybridized carbons (Fsp3) is 0.500. The summed E-state index contributed by atoms with van der Waals surface area (Å²) in [7, 11) is 0. The fourth-order valence-electron chi connectivity index (χ4n) is 2.98. The average Bonchev–Trinajstić information content (AvgIpc) is 2.84. The first kappa shape index (κ1) is 10.8. The van der Waals surface area contributed by atoms with Crippen molar-refractivity contribution in [3.05, 3.63) is 29.6 Å². The van der Waals surface area contributed by atoms with Gasteiger partial charge in [-0.05, 0) is 61.8 Å². The first-order valence-electron chi connectivity index (χ1n) is 6.20. The maximum atomic E-state index is 13.2. The third kappa shape index (κ3) is 2.19. The van der Waals surface area contributed by atoms with Crippen LogP contribution in [0.5, 0.6) is 0 Å². The Morgan fingerprint density at radius 2 is 1.94 bits per heavy atom. The summed E-state index contributed by atoms with van der Waals surface area (Å²) in [5, 5.41) is 2.83. The molecule has 0 radical (unpaired) electrons. The Balaban J connectivity index is 1.67. The Kier molecular flexibility index (Phi) is 2.42. The zero-order chi connectivity index (χ0) is 12.0. The lowest BCUT2D eigenvalue weighted by Gasteiger charge is -2.12. The highest BCUT2D eigenvalue weighted by Gasteiger charge is 2.47. The topological polar surface area (TPSA) is 29.1 Å². The minimum absolute atomic E-state index is 0.0576. The molecular weight excluding hydrogens is 217 g/mol. The Labute approximate surface area is 100 Å². The number of carbonyl (C=O) groups is 1. The van der Waals surface area contributed by atoms with Crippen molar-refractivity contribution < 1.29 is 9.18 Å². The number of halogens is 1. The van der Waals surface area contributed by atoms with Gasteiger partial charge in [-0.15, -0.1) is 0 Å². The summed E-state index contributed by atoms with van der Waals surface area (Å²) in [6.45, 7) is 1.82. The van der Waals surface area contributed by atoms with E-state index in [1.165, 1.54) is 18.6 Å². The summed E-state index contributed by atoms with van der Waals surface area (Å²) < 4.78 is 13.2. The molecule has 3 rings (SSSR count). The van der Waals surface area contributed by atoms with Gasteiger partial charge >= 0.3 is 0 Å². The van der Waals surface area contributed by atoms with Crippen LogP contribution in [-0.2, 0) is 4.79 Å². The van der Waals surface area contributed by atoms with Gasteiger partial charge in [0.1, 0.15) is 5.82 Å². The largest absolute Gasteiger partial charge is 0.326 e. The van der Waals surface area contributed by atoms with Crippen molar-refractivity contribution in [2.24, 2.45) is 17.8 Å². The molecule has 0 aliphatic heterocycles. The molecule has 3 heteroatoms. The normalized spacial score (nSPS) is 29.9. The summed E-state index contributed by atoms with van der Waals surface area (Å²) in [6.07, 6.45) is 3.35. The number of hydrogen-bond donors (Lipinski definition) is 1. The summed E-state index contributed by atoms with van der Waals surface area (Å²) in [4.78, 5) is 12.0. The second-order valence-corrected chi connectivity index (χ2v) is 5.43. The standard InChI is InChI=1S/C14H16FNO/c1-8-2-12(15)7-13(3-8)16-14(17)11-5-9-4-10(9)6-11/h2-3,7,9-11H,4-6H2,1H3,(H,16,17). The molecule has 90 valence electrons.